The zero-order valence-corrected chi connectivity index (χ0v) is 14.2. The third-order valence-electron chi connectivity index (χ3n) is 3.73. The monoisotopic (exact) mass is 356 g/mol. The van der Waals surface area contributed by atoms with Gasteiger partial charge in [-0.2, -0.15) is 13.2 Å². The number of halogens is 3. The second-order valence-electron chi connectivity index (χ2n) is 5.76. The van der Waals surface area contributed by atoms with Gasteiger partial charge in [0.25, 0.3) is 5.91 Å². The summed E-state index contributed by atoms with van der Waals surface area (Å²) in [7, 11) is 3.28. The number of nitrogens with zero attached hydrogens (tertiary/aromatic N) is 4. The van der Waals surface area contributed by atoms with Crippen molar-refractivity contribution in [1.82, 2.24) is 19.8 Å². The van der Waals surface area contributed by atoms with Crippen molar-refractivity contribution >= 4 is 5.91 Å². The second kappa shape index (κ2) is 7.64. The first-order valence-corrected chi connectivity index (χ1v) is 7.55. The average Bonchev–Trinajstić information content (AvgIpc) is 3.04. The number of aryl methyl sites for hydroxylation is 1. The maximum atomic E-state index is 12.8. The third kappa shape index (κ3) is 4.79. The molecule has 136 valence electrons. The number of amides is 1. The van der Waals surface area contributed by atoms with Crippen LogP contribution in [-0.4, -0.2) is 52.9 Å². The van der Waals surface area contributed by atoms with E-state index in [1.807, 2.05) is 31.0 Å². The minimum atomic E-state index is -4.75. The molecule has 0 fully saturated rings. The molecule has 2 heterocycles. The summed E-state index contributed by atoms with van der Waals surface area (Å²) < 4.78 is 42.7. The number of aromatic nitrogens is 2. The number of carbonyl (C=O) groups excluding carboxylic acids is 1. The largest absolute Gasteiger partial charge is 0.452 e. The van der Waals surface area contributed by atoms with Crippen LogP contribution in [0.25, 0.3) is 0 Å². The number of hydrogen-bond acceptors (Lipinski definition) is 5. The predicted octanol–water partition coefficient (Wildman–Crippen LogP) is 2.60. The number of likely N-dealkylation sites (N-methyl/N-ethyl adjacent to an activating group) is 2. The van der Waals surface area contributed by atoms with E-state index in [0.717, 1.165) is 11.3 Å². The molecule has 0 radical (unpaired) electrons. The topological polar surface area (TPSA) is 62.5 Å². The first-order valence-electron chi connectivity index (χ1n) is 7.55. The molecule has 1 amide bonds. The van der Waals surface area contributed by atoms with Gasteiger partial charge in [0, 0.05) is 32.9 Å². The predicted molar refractivity (Wildman–Crippen MR) is 83.8 cm³/mol. The van der Waals surface area contributed by atoms with Crippen LogP contribution in [0, 0.1) is 6.92 Å². The van der Waals surface area contributed by atoms with Crippen molar-refractivity contribution in [2.75, 3.05) is 27.2 Å². The highest BCUT2D eigenvalue weighted by molar-refractivity contribution is 5.93. The van der Waals surface area contributed by atoms with Crippen LogP contribution in [0.2, 0.25) is 0 Å². The number of hydrogen-bond donors (Lipinski definition) is 0. The molecule has 0 saturated carbocycles. The van der Waals surface area contributed by atoms with Crippen molar-refractivity contribution in [3.8, 4) is 0 Å². The number of rotatable bonds is 6. The molecule has 9 heteroatoms. The van der Waals surface area contributed by atoms with E-state index < -0.39 is 23.5 Å². The van der Waals surface area contributed by atoms with Crippen LogP contribution >= 0.6 is 0 Å². The summed E-state index contributed by atoms with van der Waals surface area (Å²) in [6.45, 7) is 3.24. The minimum absolute atomic E-state index is 0.241. The molecule has 2 aromatic rings. The fraction of sp³-hybridized carbons (Fsp3) is 0.438. The van der Waals surface area contributed by atoms with Crippen LogP contribution in [0.3, 0.4) is 0 Å². The lowest BCUT2D eigenvalue weighted by molar-refractivity contribution is -0.153. The molecular weight excluding hydrogens is 337 g/mol. The van der Waals surface area contributed by atoms with Gasteiger partial charge < -0.3 is 9.32 Å². The Morgan fingerprint density at radius 2 is 1.96 bits per heavy atom. The Balaban J connectivity index is 1.94. The van der Waals surface area contributed by atoms with E-state index in [1.165, 1.54) is 11.9 Å². The number of alkyl halides is 3. The average molecular weight is 356 g/mol. The highest BCUT2D eigenvalue weighted by atomic mass is 19.4. The molecule has 0 aliphatic heterocycles. The van der Waals surface area contributed by atoms with Crippen molar-refractivity contribution in [3.05, 3.63) is 47.4 Å². The molecule has 25 heavy (non-hydrogen) atoms. The normalized spacial score (nSPS) is 11.8. The molecule has 0 aliphatic carbocycles. The van der Waals surface area contributed by atoms with E-state index in [0.29, 0.717) is 19.5 Å². The Morgan fingerprint density at radius 3 is 2.60 bits per heavy atom. The van der Waals surface area contributed by atoms with Gasteiger partial charge >= 0.3 is 6.18 Å². The molecule has 6 nitrogen and oxygen atoms in total. The zero-order valence-electron chi connectivity index (χ0n) is 14.2. The van der Waals surface area contributed by atoms with Crippen molar-refractivity contribution in [1.29, 1.82) is 0 Å². The number of carbonyl (C=O) groups is 1. The van der Waals surface area contributed by atoms with Gasteiger partial charge in [0.15, 0.2) is 12.1 Å². The SMILES string of the molecule is Cc1cccnc1CN(C)CCN(C)C(=O)c1ncoc1C(F)(F)F. The lowest BCUT2D eigenvalue weighted by atomic mass is 10.2. The molecule has 0 unspecified atom stereocenters. The summed E-state index contributed by atoms with van der Waals surface area (Å²) in [6.07, 6.45) is -2.43. The van der Waals surface area contributed by atoms with Gasteiger partial charge in [-0.1, -0.05) is 6.07 Å². The van der Waals surface area contributed by atoms with Crippen LogP contribution in [0.1, 0.15) is 27.5 Å². The van der Waals surface area contributed by atoms with Crippen LogP contribution in [0.5, 0.6) is 0 Å². The highest BCUT2D eigenvalue weighted by Crippen LogP contribution is 2.31. The Morgan fingerprint density at radius 1 is 1.24 bits per heavy atom. The molecule has 0 aromatic carbocycles. The molecule has 0 N–H and O–H groups in total. The Hall–Kier alpha value is -2.42. The fourth-order valence-corrected chi connectivity index (χ4v) is 2.22. The molecule has 0 saturated heterocycles. The first-order chi connectivity index (χ1) is 11.7. The van der Waals surface area contributed by atoms with Gasteiger partial charge in [-0.05, 0) is 25.6 Å². The molecule has 0 bridgehead atoms. The molecular formula is C16H19F3N4O2. The van der Waals surface area contributed by atoms with Crippen LogP contribution < -0.4 is 0 Å². The molecule has 2 aromatic heterocycles. The number of oxazole rings is 1. The van der Waals surface area contributed by atoms with E-state index in [-0.39, 0.29) is 6.54 Å². The summed E-state index contributed by atoms with van der Waals surface area (Å²) in [6, 6.07) is 3.80. The van der Waals surface area contributed by atoms with Crippen LogP contribution in [0.15, 0.2) is 29.1 Å². The number of pyridine rings is 1. The molecule has 0 aliphatic rings. The van der Waals surface area contributed by atoms with Gasteiger partial charge in [0.1, 0.15) is 0 Å². The van der Waals surface area contributed by atoms with Crippen molar-refractivity contribution in [3.63, 3.8) is 0 Å². The van der Waals surface area contributed by atoms with Crippen molar-refractivity contribution in [2.45, 2.75) is 19.6 Å². The maximum absolute atomic E-state index is 12.8. The van der Waals surface area contributed by atoms with Crippen molar-refractivity contribution in [2.24, 2.45) is 0 Å². The minimum Gasteiger partial charge on any atom is -0.438 e. The van der Waals surface area contributed by atoms with Crippen LogP contribution in [-0.2, 0) is 12.7 Å². The second-order valence-corrected chi connectivity index (χ2v) is 5.76. The fourth-order valence-electron chi connectivity index (χ4n) is 2.22. The Bertz CT molecular complexity index is 730. The van der Waals surface area contributed by atoms with Crippen LogP contribution in [0.4, 0.5) is 13.2 Å². The lowest BCUT2D eigenvalue weighted by Crippen LogP contribution is -2.35. The maximum Gasteiger partial charge on any atom is 0.452 e. The molecule has 2 rings (SSSR count). The van der Waals surface area contributed by atoms with E-state index in [4.69, 9.17) is 0 Å². The summed E-state index contributed by atoms with van der Waals surface area (Å²) in [5, 5.41) is 0. The van der Waals surface area contributed by atoms with E-state index in [9.17, 15) is 18.0 Å². The van der Waals surface area contributed by atoms with E-state index in [2.05, 4.69) is 14.4 Å². The highest BCUT2D eigenvalue weighted by Gasteiger charge is 2.41. The van der Waals surface area contributed by atoms with E-state index >= 15 is 0 Å². The molecule has 0 atom stereocenters. The smallest absolute Gasteiger partial charge is 0.438 e. The first kappa shape index (κ1) is 18.9. The summed E-state index contributed by atoms with van der Waals surface area (Å²) >= 11 is 0. The summed E-state index contributed by atoms with van der Waals surface area (Å²) in [4.78, 5) is 23.0. The molecule has 0 spiro atoms. The summed E-state index contributed by atoms with van der Waals surface area (Å²) in [5.41, 5.74) is 1.24. The zero-order chi connectivity index (χ0) is 18.6. The summed E-state index contributed by atoms with van der Waals surface area (Å²) in [5.74, 6) is -2.20. The van der Waals surface area contributed by atoms with Gasteiger partial charge in [-0.25, -0.2) is 4.98 Å². The quantitative estimate of drug-likeness (QED) is 0.796. The van der Waals surface area contributed by atoms with Crippen molar-refractivity contribution < 1.29 is 22.4 Å². The van der Waals surface area contributed by atoms with Gasteiger partial charge in [-0.3, -0.25) is 14.7 Å². The third-order valence-corrected chi connectivity index (χ3v) is 3.73. The van der Waals surface area contributed by atoms with Gasteiger partial charge in [0.2, 0.25) is 5.76 Å². The lowest BCUT2D eigenvalue weighted by Gasteiger charge is -2.22. The Labute approximate surface area is 143 Å². The van der Waals surface area contributed by atoms with Gasteiger partial charge in [-0.15, -0.1) is 0 Å². The van der Waals surface area contributed by atoms with Gasteiger partial charge in [0.05, 0.1) is 5.69 Å². The Kier molecular flexibility index (Phi) is 5.78. The van der Waals surface area contributed by atoms with E-state index in [1.54, 1.807) is 6.20 Å². The standard InChI is InChI=1S/C16H19F3N4O2/c1-11-5-4-6-20-12(11)9-22(2)7-8-23(3)15(24)13-14(16(17,18)19)25-10-21-13/h4-6,10H,7-9H2,1-3H3.